The number of nitrogens with one attached hydrogen (secondary N) is 1. The fourth-order valence-electron chi connectivity index (χ4n) is 3.28. The van der Waals surface area contributed by atoms with E-state index in [2.05, 4.69) is 31.3 Å². The summed E-state index contributed by atoms with van der Waals surface area (Å²) < 4.78 is 16.4. The molecule has 0 aliphatic heterocycles. The lowest BCUT2D eigenvalue weighted by atomic mass is 9.87. The molecule has 182 valence electrons. The molecule has 0 aliphatic rings. The Hall–Kier alpha value is -4.13. The van der Waals surface area contributed by atoms with Gasteiger partial charge in [0.1, 0.15) is 11.3 Å². The molecule has 0 saturated carbocycles. The van der Waals surface area contributed by atoms with Crippen molar-refractivity contribution < 1.29 is 23.8 Å². The van der Waals surface area contributed by atoms with Gasteiger partial charge in [-0.2, -0.15) is 5.10 Å². The van der Waals surface area contributed by atoms with Gasteiger partial charge in [-0.15, -0.1) is 0 Å². The van der Waals surface area contributed by atoms with E-state index in [0.717, 1.165) is 5.56 Å². The number of amides is 1. The zero-order chi connectivity index (χ0) is 25.4. The van der Waals surface area contributed by atoms with E-state index in [1.165, 1.54) is 13.3 Å². The van der Waals surface area contributed by atoms with Gasteiger partial charge in [-0.25, -0.2) is 10.2 Å². The molecule has 3 rings (SSSR count). The Labute approximate surface area is 205 Å². The van der Waals surface area contributed by atoms with E-state index in [0.29, 0.717) is 34.8 Å². The van der Waals surface area contributed by atoms with Crippen molar-refractivity contribution in [3.05, 3.63) is 89.0 Å². The standard InChI is InChI=1S/C28H30N2O5/c1-6-34-25-17-19(11-16-24(25)35-27(32)22-9-7-8-10-23(22)33-5)18-29-30-26(31)20-12-14-21(15-13-20)28(2,3)4/h7-18H,6H2,1-5H3,(H,30,31)/b29-18-. The number of ether oxygens (including phenoxy) is 3. The fraction of sp³-hybridized carbons (Fsp3) is 0.250. The van der Waals surface area contributed by atoms with Crippen LogP contribution in [0, 0.1) is 0 Å². The minimum absolute atomic E-state index is 0.0130. The van der Waals surface area contributed by atoms with E-state index < -0.39 is 5.97 Å². The third-order valence-corrected chi connectivity index (χ3v) is 5.19. The van der Waals surface area contributed by atoms with E-state index >= 15 is 0 Å². The predicted octanol–water partition coefficient (Wildman–Crippen LogP) is 5.37. The largest absolute Gasteiger partial charge is 0.496 e. The number of hydrazone groups is 1. The Morgan fingerprint density at radius 1 is 0.943 bits per heavy atom. The molecule has 0 fully saturated rings. The van der Waals surface area contributed by atoms with E-state index in [4.69, 9.17) is 14.2 Å². The van der Waals surface area contributed by atoms with Gasteiger partial charge in [-0.3, -0.25) is 4.79 Å². The van der Waals surface area contributed by atoms with Crippen LogP contribution in [0.15, 0.2) is 71.8 Å². The van der Waals surface area contributed by atoms with Crippen LogP contribution in [0.5, 0.6) is 17.2 Å². The number of esters is 1. The maximum Gasteiger partial charge on any atom is 0.347 e. The lowest BCUT2D eigenvalue weighted by molar-refractivity contribution is 0.0724. The molecule has 7 heteroatoms. The van der Waals surface area contributed by atoms with E-state index in [9.17, 15) is 9.59 Å². The SMILES string of the molecule is CCOc1cc(/C=N\NC(=O)c2ccc(C(C)(C)C)cc2)ccc1OC(=O)c1ccccc1OC. The summed E-state index contributed by atoms with van der Waals surface area (Å²) in [5, 5.41) is 4.05. The molecule has 0 bridgehead atoms. The number of hydrogen-bond acceptors (Lipinski definition) is 6. The molecule has 1 amide bonds. The summed E-state index contributed by atoms with van der Waals surface area (Å²) in [6.45, 7) is 8.56. The van der Waals surface area contributed by atoms with Crippen LogP contribution in [0.25, 0.3) is 0 Å². The van der Waals surface area contributed by atoms with Gasteiger partial charge < -0.3 is 14.2 Å². The summed E-state index contributed by atoms with van der Waals surface area (Å²) >= 11 is 0. The number of carbonyl (C=O) groups excluding carboxylic acids is 2. The van der Waals surface area contributed by atoms with Crippen LogP contribution in [-0.4, -0.2) is 31.8 Å². The molecule has 1 N–H and O–H groups in total. The normalized spacial score (nSPS) is 11.2. The lowest BCUT2D eigenvalue weighted by Crippen LogP contribution is -2.18. The summed E-state index contributed by atoms with van der Waals surface area (Å²) in [5.41, 5.74) is 5.17. The third kappa shape index (κ3) is 6.69. The van der Waals surface area contributed by atoms with Crippen LogP contribution in [0.3, 0.4) is 0 Å². The van der Waals surface area contributed by atoms with Crippen molar-refractivity contribution in [3.63, 3.8) is 0 Å². The summed E-state index contributed by atoms with van der Waals surface area (Å²) in [5.74, 6) is 0.193. The van der Waals surface area contributed by atoms with Crippen molar-refractivity contribution in [3.8, 4) is 17.2 Å². The van der Waals surface area contributed by atoms with Gasteiger partial charge in [-0.05, 0) is 65.9 Å². The summed E-state index contributed by atoms with van der Waals surface area (Å²) in [4.78, 5) is 25.1. The maximum atomic E-state index is 12.7. The smallest absolute Gasteiger partial charge is 0.347 e. The van der Waals surface area contributed by atoms with Gasteiger partial charge in [0.25, 0.3) is 5.91 Å². The van der Waals surface area contributed by atoms with Crippen molar-refractivity contribution in [2.24, 2.45) is 5.10 Å². The van der Waals surface area contributed by atoms with Crippen molar-refractivity contribution in [1.82, 2.24) is 5.43 Å². The molecular weight excluding hydrogens is 444 g/mol. The Kier molecular flexibility index (Phi) is 8.25. The topological polar surface area (TPSA) is 86.2 Å². The first-order valence-electron chi connectivity index (χ1n) is 11.3. The molecule has 0 aromatic heterocycles. The van der Waals surface area contributed by atoms with Gasteiger partial charge in [0.05, 0.1) is 19.9 Å². The Bertz CT molecular complexity index is 1210. The molecule has 0 heterocycles. The third-order valence-electron chi connectivity index (χ3n) is 5.19. The first kappa shape index (κ1) is 25.5. The van der Waals surface area contributed by atoms with Crippen molar-refractivity contribution >= 4 is 18.1 Å². The molecule has 35 heavy (non-hydrogen) atoms. The van der Waals surface area contributed by atoms with Crippen LogP contribution >= 0.6 is 0 Å². The molecule has 0 unspecified atom stereocenters. The zero-order valence-corrected chi connectivity index (χ0v) is 20.6. The Morgan fingerprint density at radius 3 is 2.31 bits per heavy atom. The average Bonchev–Trinajstić information content (AvgIpc) is 2.85. The molecule has 7 nitrogen and oxygen atoms in total. The van der Waals surface area contributed by atoms with Crippen molar-refractivity contribution in [2.75, 3.05) is 13.7 Å². The van der Waals surface area contributed by atoms with Crippen LogP contribution in [0.2, 0.25) is 0 Å². The first-order valence-corrected chi connectivity index (χ1v) is 11.3. The minimum atomic E-state index is -0.561. The second-order valence-corrected chi connectivity index (χ2v) is 8.76. The minimum Gasteiger partial charge on any atom is -0.496 e. The fourth-order valence-corrected chi connectivity index (χ4v) is 3.28. The molecule has 0 atom stereocenters. The molecule has 3 aromatic carbocycles. The van der Waals surface area contributed by atoms with Gasteiger partial charge in [-0.1, -0.05) is 45.0 Å². The number of nitrogens with zero attached hydrogens (tertiary/aromatic N) is 1. The zero-order valence-electron chi connectivity index (χ0n) is 20.6. The summed E-state index contributed by atoms with van der Waals surface area (Å²) in [7, 11) is 1.49. The maximum absolute atomic E-state index is 12.7. The highest BCUT2D eigenvalue weighted by molar-refractivity contribution is 5.95. The van der Waals surface area contributed by atoms with Gasteiger partial charge in [0, 0.05) is 5.56 Å². The second-order valence-electron chi connectivity index (χ2n) is 8.76. The molecule has 0 radical (unpaired) electrons. The highest BCUT2D eigenvalue weighted by atomic mass is 16.6. The number of para-hydroxylation sites is 1. The van der Waals surface area contributed by atoms with Crippen LogP contribution in [-0.2, 0) is 5.41 Å². The highest BCUT2D eigenvalue weighted by Crippen LogP contribution is 2.30. The first-order chi connectivity index (χ1) is 16.7. The number of rotatable bonds is 8. The lowest BCUT2D eigenvalue weighted by Gasteiger charge is -2.18. The van der Waals surface area contributed by atoms with Crippen molar-refractivity contribution in [2.45, 2.75) is 33.1 Å². The second kappa shape index (κ2) is 11.3. The van der Waals surface area contributed by atoms with E-state index in [1.807, 2.05) is 19.1 Å². The van der Waals surface area contributed by atoms with Crippen molar-refractivity contribution in [1.29, 1.82) is 0 Å². The number of benzene rings is 3. The van der Waals surface area contributed by atoms with Crippen LogP contribution in [0.1, 0.15) is 59.5 Å². The molecule has 0 aliphatic carbocycles. The highest BCUT2D eigenvalue weighted by Gasteiger charge is 2.17. The van der Waals surface area contributed by atoms with Crippen LogP contribution in [0.4, 0.5) is 0 Å². The number of hydrogen-bond donors (Lipinski definition) is 1. The number of carbonyl (C=O) groups is 2. The molecule has 3 aromatic rings. The molecular formula is C28H30N2O5. The summed E-state index contributed by atoms with van der Waals surface area (Å²) in [6.07, 6.45) is 1.50. The summed E-state index contributed by atoms with van der Waals surface area (Å²) in [6, 6.07) is 19.3. The molecule has 0 saturated heterocycles. The van der Waals surface area contributed by atoms with Gasteiger partial charge in [0.15, 0.2) is 11.5 Å². The quantitative estimate of drug-likeness (QED) is 0.205. The predicted molar refractivity (Wildman–Crippen MR) is 136 cm³/mol. The Balaban J connectivity index is 1.70. The van der Waals surface area contributed by atoms with Gasteiger partial charge in [0.2, 0.25) is 0 Å². The van der Waals surface area contributed by atoms with Crippen LogP contribution < -0.4 is 19.6 Å². The Morgan fingerprint density at radius 2 is 1.66 bits per heavy atom. The average molecular weight is 475 g/mol. The number of methoxy groups -OCH3 is 1. The van der Waals surface area contributed by atoms with E-state index in [1.54, 1.807) is 54.6 Å². The van der Waals surface area contributed by atoms with Gasteiger partial charge >= 0.3 is 5.97 Å². The molecule has 0 spiro atoms. The van der Waals surface area contributed by atoms with E-state index in [-0.39, 0.29) is 17.1 Å². The monoisotopic (exact) mass is 474 g/mol.